The normalized spacial score (nSPS) is 10.3. The first-order valence-electron chi connectivity index (χ1n) is 5.08. The molecule has 0 aromatic heterocycles. The number of hydrogen-bond donors (Lipinski definition) is 1. The molecule has 0 bridgehead atoms. The van der Waals surface area contributed by atoms with Gasteiger partial charge >= 0.3 is 0 Å². The van der Waals surface area contributed by atoms with Crippen molar-refractivity contribution in [3.8, 4) is 0 Å². The molecule has 1 nitrogen and oxygen atoms in total. The third-order valence-corrected chi connectivity index (χ3v) is 3.22. The fourth-order valence-electron chi connectivity index (χ4n) is 1.42. The largest absolute Gasteiger partial charge is 0.381 e. The molecule has 0 saturated heterocycles. The van der Waals surface area contributed by atoms with Gasteiger partial charge in [-0.1, -0.05) is 17.7 Å². The zero-order valence-electron chi connectivity index (χ0n) is 8.88. The van der Waals surface area contributed by atoms with Crippen LogP contribution >= 0.6 is 27.5 Å². The summed E-state index contributed by atoms with van der Waals surface area (Å²) < 4.78 is 13.7. The molecular weight excluding hydrogens is 305 g/mol. The average Bonchev–Trinajstić information content (AvgIpc) is 2.33. The molecule has 0 atom stereocenters. The fraction of sp³-hybridized carbons (Fsp3) is 0.0769. The van der Waals surface area contributed by atoms with E-state index in [1.807, 2.05) is 30.3 Å². The zero-order valence-corrected chi connectivity index (χ0v) is 11.2. The molecule has 1 N–H and O–H groups in total. The lowest BCUT2D eigenvalue weighted by atomic mass is 10.2. The number of anilines is 1. The Morgan fingerprint density at radius 3 is 2.47 bits per heavy atom. The van der Waals surface area contributed by atoms with Crippen LogP contribution in [0, 0.1) is 5.82 Å². The molecule has 0 fully saturated rings. The number of benzene rings is 2. The van der Waals surface area contributed by atoms with Crippen molar-refractivity contribution in [2.45, 2.75) is 6.54 Å². The molecule has 2 aromatic carbocycles. The first-order valence-corrected chi connectivity index (χ1v) is 6.25. The van der Waals surface area contributed by atoms with Crippen LogP contribution in [0.3, 0.4) is 0 Å². The second kappa shape index (κ2) is 5.52. The van der Waals surface area contributed by atoms with Crippen LogP contribution in [0.2, 0.25) is 5.02 Å². The minimum Gasteiger partial charge on any atom is -0.381 e. The van der Waals surface area contributed by atoms with E-state index in [0.29, 0.717) is 16.0 Å². The highest BCUT2D eigenvalue weighted by molar-refractivity contribution is 9.10. The first-order chi connectivity index (χ1) is 8.15. The maximum absolute atomic E-state index is 13.3. The minimum absolute atomic E-state index is 0.250. The topological polar surface area (TPSA) is 12.0 Å². The van der Waals surface area contributed by atoms with Crippen molar-refractivity contribution < 1.29 is 4.39 Å². The molecule has 2 rings (SSSR count). The van der Waals surface area contributed by atoms with Crippen LogP contribution in [0.25, 0.3) is 0 Å². The van der Waals surface area contributed by atoms with Crippen molar-refractivity contribution >= 4 is 33.2 Å². The van der Waals surface area contributed by atoms with Crippen LogP contribution in [-0.4, -0.2) is 0 Å². The van der Waals surface area contributed by atoms with E-state index in [-0.39, 0.29) is 5.82 Å². The van der Waals surface area contributed by atoms with Gasteiger partial charge in [-0.15, -0.1) is 0 Å². The number of rotatable bonds is 3. The Hall–Kier alpha value is -1.06. The SMILES string of the molecule is Fc1cc(CNc2ccc(Cl)cc2)ccc1Br. The molecule has 0 radical (unpaired) electrons. The van der Waals surface area contributed by atoms with Crippen molar-refractivity contribution in [3.63, 3.8) is 0 Å². The highest BCUT2D eigenvalue weighted by Gasteiger charge is 2.00. The van der Waals surface area contributed by atoms with Crippen LogP contribution in [-0.2, 0) is 6.54 Å². The van der Waals surface area contributed by atoms with Crippen molar-refractivity contribution in [1.82, 2.24) is 0 Å². The van der Waals surface area contributed by atoms with E-state index in [1.165, 1.54) is 6.07 Å². The van der Waals surface area contributed by atoms with Gasteiger partial charge in [-0.05, 0) is 57.9 Å². The van der Waals surface area contributed by atoms with E-state index in [9.17, 15) is 4.39 Å². The summed E-state index contributed by atoms with van der Waals surface area (Å²) in [5.41, 5.74) is 1.85. The lowest BCUT2D eigenvalue weighted by Gasteiger charge is -2.07. The molecule has 88 valence electrons. The highest BCUT2D eigenvalue weighted by atomic mass is 79.9. The van der Waals surface area contributed by atoms with Gasteiger partial charge in [0.2, 0.25) is 0 Å². The van der Waals surface area contributed by atoms with E-state index in [0.717, 1.165) is 11.3 Å². The van der Waals surface area contributed by atoms with Gasteiger partial charge < -0.3 is 5.32 Å². The zero-order chi connectivity index (χ0) is 12.3. The summed E-state index contributed by atoms with van der Waals surface area (Å²) >= 11 is 8.91. The lowest BCUT2D eigenvalue weighted by Crippen LogP contribution is -1.99. The predicted octanol–water partition coefficient (Wildman–Crippen LogP) is 4.85. The molecule has 0 unspecified atom stereocenters. The van der Waals surface area contributed by atoms with Crippen LogP contribution in [0.15, 0.2) is 46.9 Å². The summed E-state index contributed by atoms with van der Waals surface area (Å²) in [4.78, 5) is 0. The number of halogens is 3. The second-order valence-electron chi connectivity index (χ2n) is 3.61. The van der Waals surface area contributed by atoms with Crippen molar-refractivity contribution in [1.29, 1.82) is 0 Å². The van der Waals surface area contributed by atoms with Gasteiger partial charge in [0.05, 0.1) is 4.47 Å². The van der Waals surface area contributed by atoms with Gasteiger partial charge in [0.1, 0.15) is 5.82 Å². The Kier molecular flexibility index (Phi) is 4.02. The molecule has 0 saturated carbocycles. The average molecular weight is 315 g/mol. The van der Waals surface area contributed by atoms with Gasteiger partial charge in [0.25, 0.3) is 0 Å². The van der Waals surface area contributed by atoms with Crippen LogP contribution in [0.1, 0.15) is 5.56 Å². The maximum Gasteiger partial charge on any atom is 0.137 e. The van der Waals surface area contributed by atoms with Crippen molar-refractivity contribution in [2.24, 2.45) is 0 Å². The number of hydrogen-bond acceptors (Lipinski definition) is 1. The molecular formula is C13H10BrClFN. The Morgan fingerprint density at radius 2 is 1.82 bits per heavy atom. The second-order valence-corrected chi connectivity index (χ2v) is 4.90. The van der Waals surface area contributed by atoms with Gasteiger partial charge in [-0.2, -0.15) is 0 Å². The molecule has 0 spiro atoms. The van der Waals surface area contributed by atoms with E-state index in [2.05, 4.69) is 21.2 Å². The molecule has 0 aliphatic carbocycles. The maximum atomic E-state index is 13.3. The van der Waals surface area contributed by atoms with Crippen molar-refractivity contribution in [2.75, 3.05) is 5.32 Å². The van der Waals surface area contributed by atoms with Crippen LogP contribution in [0.5, 0.6) is 0 Å². The number of nitrogens with one attached hydrogen (secondary N) is 1. The van der Waals surface area contributed by atoms with E-state index in [4.69, 9.17) is 11.6 Å². The molecule has 2 aromatic rings. The summed E-state index contributed by atoms with van der Waals surface area (Å²) in [6.07, 6.45) is 0. The predicted molar refractivity (Wildman–Crippen MR) is 72.9 cm³/mol. The molecule has 0 aliphatic heterocycles. The first kappa shape index (κ1) is 12.4. The van der Waals surface area contributed by atoms with Crippen molar-refractivity contribution in [3.05, 3.63) is 63.3 Å². The van der Waals surface area contributed by atoms with Gasteiger partial charge in [-0.3, -0.25) is 0 Å². The van der Waals surface area contributed by atoms with Gasteiger partial charge in [0.15, 0.2) is 0 Å². The highest BCUT2D eigenvalue weighted by Crippen LogP contribution is 2.18. The fourth-order valence-corrected chi connectivity index (χ4v) is 1.79. The summed E-state index contributed by atoms with van der Waals surface area (Å²) in [5.74, 6) is -0.250. The summed E-state index contributed by atoms with van der Waals surface area (Å²) in [5, 5.41) is 3.89. The third kappa shape index (κ3) is 3.45. The molecule has 0 heterocycles. The molecule has 0 aliphatic rings. The van der Waals surface area contributed by atoms with E-state index >= 15 is 0 Å². The van der Waals surface area contributed by atoms with Crippen LogP contribution < -0.4 is 5.32 Å². The Labute approximate surface area is 113 Å². The summed E-state index contributed by atoms with van der Waals surface area (Å²) in [6.45, 7) is 0.575. The Balaban J connectivity index is 2.02. The lowest BCUT2D eigenvalue weighted by molar-refractivity contribution is 0.619. The third-order valence-electron chi connectivity index (χ3n) is 2.32. The Bertz CT molecular complexity index is 513. The summed E-state index contributed by atoms with van der Waals surface area (Å²) in [7, 11) is 0. The quantitative estimate of drug-likeness (QED) is 0.853. The van der Waals surface area contributed by atoms with Gasteiger partial charge in [-0.25, -0.2) is 4.39 Å². The Morgan fingerprint density at radius 1 is 1.12 bits per heavy atom. The molecule has 17 heavy (non-hydrogen) atoms. The molecule has 4 heteroatoms. The smallest absolute Gasteiger partial charge is 0.137 e. The van der Waals surface area contributed by atoms with Crippen LogP contribution in [0.4, 0.5) is 10.1 Å². The minimum atomic E-state index is -0.250. The van der Waals surface area contributed by atoms with Gasteiger partial charge in [0, 0.05) is 17.3 Å². The summed E-state index contributed by atoms with van der Waals surface area (Å²) in [6, 6.07) is 12.5. The molecule has 0 amide bonds. The standard InChI is InChI=1S/C13H10BrClFN/c14-12-6-1-9(7-13(12)16)8-17-11-4-2-10(15)3-5-11/h1-7,17H,8H2. The van der Waals surface area contributed by atoms with E-state index in [1.54, 1.807) is 6.07 Å². The monoisotopic (exact) mass is 313 g/mol. The van der Waals surface area contributed by atoms with E-state index < -0.39 is 0 Å².